The van der Waals surface area contributed by atoms with Crippen LogP contribution in [-0.2, 0) is 4.57 Å². The van der Waals surface area contributed by atoms with Gasteiger partial charge >= 0.3 is 24.7 Å². The smallest absolute Gasteiger partial charge is 0.420 e. The highest BCUT2D eigenvalue weighted by atomic mass is 31.2. The lowest BCUT2D eigenvalue weighted by molar-refractivity contribution is 0.282. The van der Waals surface area contributed by atoms with Gasteiger partial charge in [-0.2, -0.15) is 4.57 Å². The molecule has 6 rings (SSSR count). The topological polar surface area (TPSA) is 135 Å². The quantitative estimate of drug-likeness (QED) is 0.159. The van der Waals surface area contributed by atoms with Crippen LogP contribution in [0.5, 0.6) is 17.2 Å². The van der Waals surface area contributed by atoms with Crippen LogP contribution >= 0.6 is 7.82 Å². The first-order valence-corrected chi connectivity index (χ1v) is 13.9. The van der Waals surface area contributed by atoms with E-state index in [4.69, 9.17) is 26.8 Å². The molecule has 0 aliphatic rings. The Hall–Kier alpha value is -5.08. The number of hydrogen-bond acceptors (Lipinski definition) is 10. The minimum atomic E-state index is -5.06. The van der Waals surface area contributed by atoms with Crippen LogP contribution in [0.3, 0.4) is 0 Å². The summed E-state index contributed by atoms with van der Waals surface area (Å²) in [6.07, 6.45) is 0. The monoisotopic (exact) mass is 572 g/mol. The van der Waals surface area contributed by atoms with Crippen LogP contribution in [0.4, 0.5) is 0 Å². The van der Waals surface area contributed by atoms with E-state index in [0.29, 0.717) is 16.2 Å². The third-order valence-corrected chi connectivity index (χ3v) is 7.89. The number of aryl methyl sites for hydroxylation is 3. The van der Waals surface area contributed by atoms with Gasteiger partial charge in [-0.1, -0.05) is 54.6 Å². The third kappa shape index (κ3) is 4.58. The van der Waals surface area contributed by atoms with Gasteiger partial charge in [0.2, 0.25) is 17.2 Å². The van der Waals surface area contributed by atoms with E-state index >= 15 is 0 Å². The Morgan fingerprint density at radius 2 is 0.756 bits per heavy atom. The summed E-state index contributed by atoms with van der Waals surface area (Å²) in [7, 11) is -5.06. The van der Waals surface area contributed by atoms with Gasteiger partial charge in [-0.25, -0.2) is 14.4 Å². The molecule has 6 aromatic rings. The van der Waals surface area contributed by atoms with Crippen molar-refractivity contribution in [2.45, 2.75) is 20.8 Å². The number of rotatable bonds is 6. The molecule has 3 aromatic heterocycles. The molecule has 3 aromatic carbocycles. The summed E-state index contributed by atoms with van der Waals surface area (Å²) in [6, 6.07) is 20.0. The molecule has 0 amide bonds. The fourth-order valence-corrected chi connectivity index (χ4v) is 5.99. The van der Waals surface area contributed by atoms with Crippen LogP contribution in [-0.4, -0.2) is 0 Å². The van der Waals surface area contributed by atoms with Crippen LogP contribution < -0.4 is 30.4 Å². The Kier molecular flexibility index (Phi) is 6.27. The summed E-state index contributed by atoms with van der Waals surface area (Å²) in [5.74, 6) is -1.46. The number of benzene rings is 3. The molecule has 0 aliphatic heterocycles. The summed E-state index contributed by atoms with van der Waals surface area (Å²) in [5, 5.41) is 1.49. The van der Waals surface area contributed by atoms with Crippen LogP contribution in [0.25, 0.3) is 32.9 Å². The van der Waals surface area contributed by atoms with Crippen molar-refractivity contribution in [3.63, 3.8) is 0 Å². The van der Waals surface area contributed by atoms with E-state index in [0.717, 1.165) is 0 Å². The highest BCUT2D eigenvalue weighted by molar-refractivity contribution is 7.49. The molecule has 0 N–H and O–H groups in total. The fourth-order valence-electron chi connectivity index (χ4n) is 4.57. The van der Waals surface area contributed by atoms with Crippen molar-refractivity contribution < 1.29 is 31.4 Å². The summed E-state index contributed by atoms with van der Waals surface area (Å²) < 4.78 is 47.5. The molecule has 41 heavy (non-hydrogen) atoms. The van der Waals surface area contributed by atoms with Crippen LogP contribution in [0.1, 0.15) is 16.7 Å². The van der Waals surface area contributed by atoms with Crippen molar-refractivity contribution in [2.24, 2.45) is 0 Å². The molecule has 3 heterocycles. The Morgan fingerprint density at radius 3 is 1.05 bits per heavy atom. The average molecular weight is 572 g/mol. The second kappa shape index (κ2) is 9.83. The van der Waals surface area contributed by atoms with Crippen molar-refractivity contribution in [1.29, 1.82) is 0 Å². The fraction of sp³-hybridized carbons (Fsp3) is 0.100. The van der Waals surface area contributed by atoms with Crippen LogP contribution in [0.15, 0.2) is 100 Å². The van der Waals surface area contributed by atoms with E-state index in [1.807, 2.05) is 0 Å². The molecule has 10 nitrogen and oxygen atoms in total. The Bertz CT molecular complexity index is 1970. The van der Waals surface area contributed by atoms with Crippen molar-refractivity contribution >= 4 is 40.7 Å². The number of phosphoric ester groups is 1. The van der Waals surface area contributed by atoms with Crippen molar-refractivity contribution in [2.75, 3.05) is 0 Å². The van der Waals surface area contributed by atoms with Crippen LogP contribution in [0, 0.1) is 20.8 Å². The number of phosphoric acid groups is 1. The number of fused-ring (bicyclic) bond motifs is 3. The molecule has 0 saturated heterocycles. The molecule has 0 atom stereocenters. The van der Waals surface area contributed by atoms with Crippen molar-refractivity contribution in [3.05, 3.63) is 121 Å². The van der Waals surface area contributed by atoms with Crippen LogP contribution in [0.2, 0.25) is 0 Å². The largest absolute Gasteiger partial charge is 0.647 e. The standard InChI is InChI=1S/C30H21O10P/c1-16-19-10-4-7-13-22(19)35-28(31)25(16)38-41(34,39-26-17(2)20-11-5-8-14-23(20)36-29(26)32)40-27-18(3)21-12-6-9-15-24(21)37-30(27)33/h4-15H,1-3H3. The maximum Gasteiger partial charge on any atom is 0.647 e. The maximum atomic E-state index is 14.4. The first-order chi connectivity index (χ1) is 19.6. The predicted molar refractivity (Wildman–Crippen MR) is 151 cm³/mol. The first kappa shape index (κ1) is 26.2. The van der Waals surface area contributed by atoms with E-state index in [1.54, 1.807) is 93.6 Å². The lowest BCUT2D eigenvalue weighted by atomic mass is 10.1. The molecule has 206 valence electrons. The van der Waals surface area contributed by atoms with E-state index in [9.17, 15) is 18.9 Å². The van der Waals surface area contributed by atoms with Gasteiger partial charge in [0, 0.05) is 32.8 Å². The molecular weight excluding hydrogens is 551 g/mol. The van der Waals surface area contributed by atoms with E-state index in [-0.39, 0.29) is 33.4 Å². The second-order valence-corrected chi connectivity index (χ2v) is 10.7. The molecule has 0 unspecified atom stereocenters. The Morgan fingerprint density at radius 1 is 0.488 bits per heavy atom. The van der Waals surface area contributed by atoms with E-state index < -0.39 is 41.9 Å². The molecular formula is C30H21O10P. The second-order valence-electron chi connectivity index (χ2n) is 9.24. The number of hydrogen-bond donors (Lipinski definition) is 0. The third-order valence-electron chi connectivity index (χ3n) is 6.67. The zero-order chi connectivity index (χ0) is 28.9. The first-order valence-electron chi connectivity index (χ1n) is 12.4. The van der Waals surface area contributed by atoms with Crippen molar-refractivity contribution in [3.8, 4) is 17.2 Å². The maximum absolute atomic E-state index is 14.4. The molecule has 0 aliphatic carbocycles. The SMILES string of the molecule is Cc1c(OP(=O)(Oc2c(C)c3ccccc3oc2=O)Oc2c(C)c3ccccc3oc2=O)c(=O)oc2ccccc12. The average Bonchev–Trinajstić information content (AvgIpc) is 2.96. The zero-order valence-corrected chi connectivity index (χ0v) is 22.9. The summed E-state index contributed by atoms with van der Waals surface area (Å²) in [4.78, 5) is 38.9. The van der Waals surface area contributed by atoms with Gasteiger partial charge in [0.15, 0.2) is 0 Å². The van der Waals surface area contributed by atoms with Crippen molar-refractivity contribution in [1.82, 2.24) is 0 Å². The molecule has 0 radical (unpaired) electrons. The normalized spacial score (nSPS) is 11.7. The predicted octanol–water partition coefficient (Wildman–Crippen LogP) is 6.58. The van der Waals surface area contributed by atoms with E-state index in [2.05, 4.69) is 0 Å². The Balaban J connectivity index is 1.54. The summed E-state index contributed by atoms with van der Waals surface area (Å²) >= 11 is 0. The van der Waals surface area contributed by atoms with Gasteiger partial charge in [-0.15, -0.1) is 0 Å². The highest BCUT2D eigenvalue weighted by Crippen LogP contribution is 2.50. The minimum absolute atomic E-state index is 0.272. The molecule has 0 bridgehead atoms. The molecule has 11 heteroatoms. The van der Waals surface area contributed by atoms with Gasteiger partial charge in [-0.3, -0.25) is 0 Å². The van der Waals surface area contributed by atoms with Gasteiger partial charge in [0.25, 0.3) is 0 Å². The van der Waals surface area contributed by atoms with E-state index in [1.165, 1.54) is 0 Å². The van der Waals surface area contributed by atoms with Gasteiger partial charge < -0.3 is 26.8 Å². The molecule has 0 saturated carbocycles. The van der Waals surface area contributed by atoms with Gasteiger partial charge in [-0.05, 0) is 39.0 Å². The lowest BCUT2D eigenvalue weighted by Gasteiger charge is -2.20. The van der Waals surface area contributed by atoms with Gasteiger partial charge in [0.1, 0.15) is 16.7 Å². The Labute approximate surface area is 230 Å². The molecule has 0 fully saturated rings. The highest BCUT2D eigenvalue weighted by Gasteiger charge is 2.39. The molecule has 0 spiro atoms. The summed E-state index contributed by atoms with van der Waals surface area (Å²) in [5.41, 5.74) is -1.28. The number of para-hydroxylation sites is 3. The minimum Gasteiger partial charge on any atom is -0.420 e. The summed E-state index contributed by atoms with van der Waals surface area (Å²) in [6.45, 7) is 4.68. The lowest BCUT2D eigenvalue weighted by Crippen LogP contribution is -2.19. The zero-order valence-electron chi connectivity index (χ0n) is 22.0. The van der Waals surface area contributed by atoms with Gasteiger partial charge in [0.05, 0.1) is 0 Å².